The monoisotopic (exact) mass is 306 g/mol. The van der Waals surface area contributed by atoms with Crippen LogP contribution in [-0.4, -0.2) is 35.0 Å². The minimum atomic E-state index is -0.604. The first-order valence-electron chi connectivity index (χ1n) is 8.15. The second-order valence-corrected chi connectivity index (χ2v) is 7.65. The van der Waals surface area contributed by atoms with Gasteiger partial charge in [-0.05, 0) is 59.0 Å². The van der Waals surface area contributed by atoms with Crippen molar-refractivity contribution in [1.29, 1.82) is 0 Å². The van der Waals surface area contributed by atoms with Gasteiger partial charge in [0.1, 0.15) is 0 Å². The maximum Gasteiger partial charge on any atom is 0.240 e. The van der Waals surface area contributed by atoms with Crippen LogP contribution in [0, 0.1) is 17.8 Å². The number of carbonyl (C=O) groups is 1. The molecule has 0 spiro atoms. The van der Waals surface area contributed by atoms with E-state index in [1.54, 1.807) is 0 Å². The lowest BCUT2D eigenvalue weighted by molar-refractivity contribution is -0.128. The highest BCUT2D eigenvalue weighted by atomic mass is 16.5. The molecule has 0 aromatic carbocycles. The smallest absolute Gasteiger partial charge is 0.240 e. The maximum atomic E-state index is 12.6. The molecule has 3 atom stereocenters. The second-order valence-electron chi connectivity index (χ2n) is 7.65. The molecule has 0 saturated heterocycles. The van der Waals surface area contributed by atoms with Gasteiger partial charge in [-0.25, -0.2) is 0 Å². The van der Waals surface area contributed by atoms with Crippen molar-refractivity contribution in [2.75, 3.05) is 14.1 Å². The molecule has 1 amide bonds. The average Bonchev–Trinajstić information content (AvgIpc) is 3.12. The van der Waals surface area contributed by atoms with Gasteiger partial charge in [0.2, 0.25) is 11.8 Å². The lowest BCUT2D eigenvalue weighted by Gasteiger charge is -2.27. The van der Waals surface area contributed by atoms with E-state index in [1.165, 1.54) is 19.3 Å². The molecule has 0 radical (unpaired) electrons. The molecular formula is C16H26N4O2. The van der Waals surface area contributed by atoms with Crippen molar-refractivity contribution in [1.82, 2.24) is 20.4 Å². The van der Waals surface area contributed by atoms with Crippen molar-refractivity contribution in [3.8, 4) is 0 Å². The summed E-state index contributed by atoms with van der Waals surface area (Å²) in [5.41, 5.74) is -0.604. The van der Waals surface area contributed by atoms with Crippen molar-refractivity contribution < 1.29 is 9.32 Å². The first-order chi connectivity index (χ1) is 10.3. The zero-order valence-electron chi connectivity index (χ0n) is 13.9. The summed E-state index contributed by atoms with van der Waals surface area (Å²) >= 11 is 0. The van der Waals surface area contributed by atoms with Crippen LogP contribution in [0.2, 0.25) is 0 Å². The van der Waals surface area contributed by atoms with Crippen LogP contribution in [0.3, 0.4) is 0 Å². The van der Waals surface area contributed by atoms with Crippen LogP contribution >= 0.6 is 0 Å². The summed E-state index contributed by atoms with van der Waals surface area (Å²) in [6, 6.07) is 0. The van der Waals surface area contributed by atoms with Crippen LogP contribution in [-0.2, 0) is 16.9 Å². The van der Waals surface area contributed by atoms with Gasteiger partial charge in [-0.2, -0.15) is 4.98 Å². The zero-order chi connectivity index (χ0) is 15.9. The third-order valence-electron chi connectivity index (χ3n) is 4.99. The van der Waals surface area contributed by atoms with Crippen LogP contribution in [0.25, 0.3) is 0 Å². The molecule has 3 rings (SSSR count). The van der Waals surface area contributed by atoms with Crippen molar-refractivity contribution in [2.45, 2.75) is 51.6 Å². The highest BCUT2D eigenvalue weighted by Crippen LogP contribution is 2.48. The van der Waals surface area contributed by atoms with Crippen molar-refractivity contribution in [3.63, 3.8) is 0 Å². The number of rotatable bonds is 5. The molecular weight excluding hydrogens is 280 g/mol. The summed E-state index contributed by atoms with van der Waals surface area (Å²) in [6.07, 6.45) is 4.79. The van der Waals surface area contributed by atoms with E-state index < -0.39 is 5.54 Å². The minimum Gasteiger partial charge on any atom is -0.344 e. The number of hydrogen-bond donors (Lipinski definition) is 1. The van der Waals surface area contributed by atoms with Crippen molar-refractivity contribution in [2.24, 2.45) is 17.8 Å². The van der Waals surface area contributed by atoms with Gasteiger partial charge in [0.05, 0.1) is 12.1 Å². The quantitative estimate of drug-likeness (QED) is 0.900. The number of amides is 1. The number of hydrogen-bond acceptors (Lipinski definition) is 5. The summed E-state index contributed by atoms with van der Waals surface area (Å²) in [7, 11) is 3.90. The molecule has 1 aromatic heterocycles. The fraction of sp³-hybridized carbons (Fsp3) is 0.812. The minimum absolute atomic E-state index is 0.149. The highest BCUT2D eigenvalue weighted by molar-refractivity contribution is 5.80. The van der Waals surface area contributed by atoms with E-state index in [4.69, 9.17) is 4.52 Å². The van der Waals surface area contributed by atoms with Crippen molar-refractivity contribution in [3.05, 3.63) is 11.7 Å². The highest BCUT2D eigenvalue weighted by Gasteiger charge is 2.44. The van der Waals surface area contributed by atoms with Crippen molar-refractivity contribution >= 4 is 5.91 Å². The molecule has 1 aromatic rings. The van der Waals surface area contributed by atoms with Gasteiger partial charge in [0, 0.05) is 5.92 Å². The Kier molecular flexibility index (Phi) is 3.97. The van der Waals surface area contributed by atoms with Gasteiger partial charge in [-0.3, -0.25) is 4.79 Å². The number of aromatic nitrogens is 2. The molecule has 2 saturated carbocycles. The Balaban J connectivity index is 1.65. The number of fused-ring (bicyclic) bond motifs is 2. The molecule has 122 valence electrons. The van der Waals surface area contributed by atoms with Gasteiger partial charge < -0.3 is 14.7 Å². The Morgan fingerprint density at radius 1 is 1.36 bits per heavy atom. The average molecular weight is 306 g/mol. The SMILES string of the molecule is CN(C)Cc1nc(C(C)(C)NC(=O)[C@@H]2C[C@H]3CC[C@H]2C3)no1. The van der Waals surface area contributed by atoms with Crippen LogP contribution < -0.4 is 5.32 Å². The number of nitrogens with zero attached hydrogens (tertiary/aromatic N) is 3. The third-order valence-corrected chi connectivity index (χ3v) is 4.99. The van der Waals surface area contributed by atoms with Gasteiger partial charge in [0.15, 0.2) is 5.82 Å². The Labute approximate surface area is 131 Å². The normalized spacial score (nSPS) is 27.6. The predicted molar refractivity (Wildman–Crippen MR) is 81.8 cm³/mol. The third kappa shape index (κ3) is 3.02. The Bertz CT molecular complexity index is 552. The Hall–Kier alpha value is -1.43. The topological polar surface area (TPSA) is 71.3 Å². The molecule has 2 bridgehead atoms. The summed E-state index contributed by atoms with van der Waals surface area (Å²) in [6.45, 7) is 4.47. The lowest BCUT2D eigenvalue weighted by Crippen LogP contribution is -2.45. The fourth-order valence-electron chi connectivity index (χ4n) is 3.87. The molecule has 2 aliphatic rings. The van der Waals surface area contributed by atoms with Gasteiger partial charge in [0.25, 0.3) is 0 Å². The van der Waals surface area contributed by atoms with Gasteiger partial charge >= 0.3 is 0 Å². The van der Waals surface area contributed by atoms with E-state index >= 15 is 0 Å². The molecule has 6 heteroatoms. The maximum absolute atomic E-state index is 12.6. The van der Waals surface area contributed by atoms with Gasteiger partial charge in [-0.15, -0.1) is 0 Å². The van der Waals surface area contributed by atoms with Gasteiger partial charge in [-0.1, -0.05) is 11.6 Å². The summed E-state index contributed by atoms with van der Waals surface area (Å²) in [5, 5.41) is 7.17. The second kappa shape index (κ2) is 5.65. The summed E-state index contributed by atoms with van der Waals surface area (Å²) < 4.78 is 5.26. The molecule has 2 aliphatic carbocycles. The molecule has 0 aliphatic heterocycles. The first-order valence-corrected chi connectivity index (χ1v) is 8.15. The molecule has 2 fully saturated rings. The van der Waals surface area contributed by atoms with E-state index in [0.717, 1.165) is 12.3 Å². The Morgan fingerprint density at radius 3 is 2.73 bits per heavy atom. The molecule has 1 heterocycles. The van der Waals surface area contributed by atoms with E-state index in [0.29, 0.717) is 24.2 Å². The first kappa shape index (κ1) is 15.5. The van der Waals surface area contributed by atoms with Crippen LogP contribution in [0.5, 0.6) is 0 Å². The summed E-state index contributed by atoms with van der Waals surface area (Å²) in [4.78, 5) is 19.0. The van der Waals surface area contributed by atoms with E-state index in [9.17, 15) is 4.79 Å². The van der Waals surface area contributed by atoms with E-state index in [2.05, 4.69) is 15.5 Å². The standard InChI is InChI=1S/C16H26N4O2/c1-16(2,15-17-13(22-19-15)9-20(3)4)18-14(21)12-8-10-5-6-11(12)7-10/h10-12H,5-9H2,1-4H3,(H,18,21)/t10-,11-,12+/m0/s1. The largest absolute Gasteiger partial charge is 0.344 e. The molecule has 6 nitrogen and oxygen atoms in total. The number of carbonyl (C=O) groups excluding carboxylic acids is 1. The van der Waals surface area contributed by atoms with Crippen LogP contribution in [0.15, 0.2) is 4.52 Å². The Morgan fingerprint density at radius 2 is 2.14 bits per heavy atom. The summed E-state index contributed by atoms with van der Waals surface area (Å²) in [5.74, 6) is 2.78. The van der Waals surface area contributed by atoms with E-state index in [-0.39, 0.29) is 11.8 Å². The van der Waals surface area contributed by atoms with E-state index in [1.807, 2.05) is 32.8 Å². The van der Waals surface area contributed by atoms with Crippen LogP contribution in [0.1, 0.15) is 51.2 Å². The van der Waals surface area contributed by atoms with Crippen LogP contribution in [0.4, 0.5) is 0 Å². The molecule has 1 N–H and O–H groups in total. The predicted octanol–water partition coefficient (Wildman–Crippen LogP) is 1.92. The lowest BCUT2D eigenvalue weighted by atomic mass is 9.87. The number of nitrogens with one attached hydrogen (secondary N) is 1. The molecule has 22 heavy (non-hydrogen) atoms. The molecule has 0 unspecified atom stereocenters. The fourth-order valence-corrected chi connectivity index (χ4v) is 3.87. The zero-order valence-corrected chi connectivity index (χ0v) is 13.9.